The van der Waals surface area contributed by atoms with Crippen molar-refractivity contribution >= 4 is 5.91 Å². The van der Waals surface area contributed by atoms with E-state index in [1.807, 2.05) is 24.3 Å². The van der Waals surface area contributed by atoms with Crippen LogP contribution in [0.25, 0.3) is 0 Å². The van der Waals surface area contributed by atoms with E-state index in [2.05, 4.69) is 21.3 Å². The Bertz CT molecular complexity index is 777. The second-order valence-corrected chi connectivity index (χ2v) is 6.09. The first-order valence-electron chi connectivity index (χ1n) is 8.18. The summed E-state index contributed by atoms with van der Waals surface area (Å²) in [5.74, 6) is 0.998. The van der Waals surface area contributed by atoms with E-state index < -0.39 is 0 Å². The van der Waals surface area contributed by atoms with Crippen LogP contribution >= 0.6 is 0 Å². The molecule has 1 saturated heterocycles. The number of hydrogen-bond acceptors (Lipinski definition) is 5. The Kier molecular flexibility index (Phi) is 5.26. The van der Waals surface area contributed by atoms with Crippen molar-refractivity contribution in [3.63, 3.8) is 0 Å². The molecule has 6 nitrogen and oxygen atoms in total. The summed E-state index contributed by atoms with van der Waals surface area (Å²) in [6.45, 7) is 2.77. The van der Waals surface area contributed by atoms with Crippen LogP contribution in [-0.2, 0) is 17.9 Å². The molecular weight excluding hydrogens is 316 g/mol. The van der Waals surface area contributed by atoms with Crippen molar-refractivity contribution in [2.75, 3.05) is 20.1 Å². The monoisotopic (exact) mass is 336 g/mol. The molecule has 1 aliphatic heterocycles. The molecule has 1 aromatic heterocycles. The first-order valence-corrected chi connectivity index (χ1v) is 8.18. The molecule has 1 aliphatic rings. The summed E-state index contributed by atoms with van der Waals surface area (Å²) in [5.41, 5.74) is 2.49. The fraction of sp³-hybridized carbons (Fsp3) is 0.316. The van der Waals surface area contributed by atoms with Gasteiger partial charge in [-0.05, 0) is 29.8 Å². The molecule has 1 N–H and O–H groups in total. The highest BCUT2D eigenvalue weighted by Gasteiger charge is 2.31. The predicted molar refractivity (Wildman–Crippen MR) is 92.6 cm³/mol. The molecule has 2 aromatic rings. The van der Waals surface area contributed by atoms with Crippen molar-refractivity contribution in [2.45, 2.75) is 13.2 Å². The van der Waals surface area contributed by atoms with Crippen LogP contribution in [-0.4, -0.2) is 35.9 Å². The molecule has 0 spiro atoms. The maximum absolute atomic E-state index is 11.5. The zero-order valence-corrected chi connectivity index (χ0v) is 14.1. The Morgan fingerprint density at radius 2 is 2.12 bits per heavy atom. The third-order valence-corrected chi connectivity index (χ3v) is 4.24. The highest BCUT2D eigenvalue weighted by atomic mass is 16.5. The molecule has 2 heterocycles. The van der Waals surface area contributed by atoms with Crippen LogP contribution in [0.15, 0.2) is 42.6 Å². The van der Waals surface area contributed by atoms with E-state index in [1.165, 1.54) is 5.56 Å². The van der Waals surface area contributed by atoms with E-state index in [-0.39, 0.29) is 11.8 Å². The summed E-state index contributed by atoms with van der Waals surface area (Å²) in [6, 6.07) is 13.4. The minimum atomic E-state index is 0.115. The molecule has 0 atom stereocenters. The molecule has 0 bridgehead atoms. The van der Waals surface area contributed by atoms with Crippen LogP contribution in [0.1, 0.15) is 16.8 Å². The van der Waals surface area contributed by atoms with Crippen LogP contribution in [0.4, 0.5) is 0 Å². The number of aromatic nitrogens is 1. The number of nitrogens with zero attached hydrogens (tertiary/aromatic N) is 3. The number of nitrogens with one attached hydrogen (secondary N) is 1. The zero-order chi connectivity index (χ0) is 17.6. The molecular formula is C19H20N4O2. The summed E-state index contributed by atoms with van der Waals surface area (Å²) in [4.78, 5) is 17.9. The minimum absolute atomic E-state index is 0.115. The van der Waals surface area contributed by atoms with Gasteiger partial charge in [0.15, 0.2) is 0 Å². The molecule has 0 unspecified atom stereocenters. The normalized spacial score (nSPS) is 14.4. The Morgan fingerprint density at radius 3 is 2.80 bits per heavy atom. The lowest BCUT2D eigenvalue weighted by Gasteiger charge is -2.38. The van der Waals surface area contributed by atoms with E-state index in [0.29, 0.717) is 12.2 Å². The van der Waals surface area contributed by atoms with Crippen LogP contribution in [0.5, 0.6) is 5.75 Å². The number of hydrogen-bond donors (Lipinski definition) is 1. The molecule has 3 rings (SSSR count). The van der Waals surface area contributed by atoms with Gasteiger partial charge in [-0.2, -0.15) is 5.26 Å². The first-order chi connectivity index (χ1) is 12.2. The van der Waals surface area contributed by atoms with Gasteiger partial charge in [0.25, 0.3) is 0 Å². The summed E-state index contributed by atoms with van der Waals surface area (Å²) in [6.07, 6.45) is 1.61. The Balaban J connectivity index is 1.48. The first kappa shape index (κ1) is 16.9. The molecule has 1 aromatic carbocycles. The SMILES string of the molecule is CNC(=O)C1CN(Cc2ccc(OCc3cc(C#N)ccn3)cc2)C1. The fourth-order valence-corrected chi connectivity index (χ4v) is 2.80. The fourth-order valence-electron chi connectivity index (χ4n) is 2.80. The van der Waals surface area contributed by atoms with Gasteiger partial charge in [0.1, 0.15) is 12.4 Å². The van der Waals surface area contributed by atoms with Crippen LogP contribution in [0.3, 0.4) is 0 Å². The average Bonchev–Trinajstić information content (AvgIpc) is 2.63. The van der Waals surface area contributed by atoms with E-state index in [9.17, 15) is 4.79 Å². The molecule has 1 amide bonds. The van der Waals surface area contributed by atoms with Gasteiger partial charge >= 0.3 is 0 Å². The lowest BCUT2D eigenvalue weighted by atomic mass is 9.98. The Labute approximate surface area is 147 Å². The molecule has 6 heteroatoms. The number of ether oxygens (including phenoxy) is 1. The largest absolute Gasteiger partial charge is 0.487 e. The lowest BCUT2D eigenvalue weighted by molar-refractivity contribution is -0.129. The topological polar surface area (TPSA) is 78.3 Å². The van der Waals surface area contributed by atoms with E-state index in [4.69, 9.17) is 10.00 Å². The minimum Gasteiger partial charge on any atom is -0.487 e. The molecule has 1 fully saturated rings. The maximum atomic E-state index is 11.5. The number of carbonyl (C=O) groups excluding carboxylic acids is 1. The van der Waals surface area contributed by atoms with Crippen LogP contribution < -0.4 is 10.1 Å². The van der Waals surface area contributed by atoms with Crippen LogP contribution in [0, 0.1) is 17.2 Å². The van der Waals surface area contributed by atoms with Gasteiger partial charge in [0.2, 0.25) is 5.91 Å². The predicted octanol–water partition coefficient (Wildman–Crippen LogP) is 1.71. The molecule has 128 valence electrons. The number of likely N-dealkylation sites (tertiary alicyclic amines) is 1. The third-order valence-electron chi connectivity index (χ3n) is 4.24. The molecule has 0 radical (unpaired) electrons. The third kappa shape index (κ3) is 4.34. The van der Waals surface area contributed by atoms with Gasteiger partial charge in [-0.1, -0.05) is 12.1 Å². The second kappa shape index (κ2) is 7.77. The van der Waals surface area contributed by atoms with Gasteiger partial charge < -0.3 is 10.1 Å². The summed E-state index contributed by atoms with van der Waals surface area (Å²) < 4.78 is 5.72. The van der Waals surface area contributed by atoms with Crippen molar-refractivity contribution in [1.82, 2.24) is 15.2 Å². The highest BCUT2D eigenvalue weighted by molar-refractivity contribution is 5.79. The number of pyridine rings is 1. The number of nitriles is 1. The van der Waals surface area contributed by atoms with Gasteiger partial charge in [-0.15, -0.1) is 0 Å². The Morgan fingerprint density at radius 1 is 1.36 bits per heavy atom. The smallest absolute Gasteiger partial charge is 0.225 e. The lowest BCUT2D eigenvalue weighted by Crippen LogP contribution is -2.52. The molecule has 0 saturated carbocycles. The number of carbonyl (C=O) groups is 1. The zero-order valence-electron chi connectivity index (χ0n) is 14.1. The number of amides is 1. The van der Waals surface area contributed by atoms with Gasteiger partial charge in [-0.25, -0.2) is 0 Å². The van der Waals surface area contributed by atoms with E-state index in [0.717, 1.165) is 31.1 Å². The van der Waals surface area contributed by atoms with E-state index in [1.54, 1.807) is 25.4 Å². The molecule has 0 aliphatic carbocycles. The van der Waals surface area contributed by atoms with E-state index >= 15 is 0 Å². The van der Waals surface area contributed by atoms with Crippen molar-refractivity contribution in [3.05, 3.63) is 59.4 Å². The van der Waals surface area contributed by atoms with Crippen LogP contribution in [0.2, 0.25) is 0 Å². The van der Waals surface area contributed by atoms with Crippen molar-refractivity contribution in [3.8, 4) is 11.8 Å². The Hall–Kier alpha value is -2.91. The van der Waals surface area contributed by atoms with Gasteiger partial charge in [0.05, 0.1) is 23.2 Å². The van der Waals surface area contributed by atoms with Gasteiger partial charge in [0, 0.05) is 32.9 Å². The summed E-state index contributed by atoms with van der Waals surface area (Å²) in [7, 11) is 1.68. The summed E-state index contributed by atoms with van der Waals surface area (Å²) >= 11 is 0. The second-order valence-electron chi connectivity index (χ2n) is 6.09. The standard InChI is InChI=1S/C19H20N4O2/c1-21-19(24)16-11-23(12-16)10-14-2-4-18(5-3-14)25-13-17-8-15(9-20)6-7-22-17/h2-8,16H,10-13H2,1H3,(H,21,24). The van der Waals surface area contributed by atoms with Crippen molar-refractivity contribution in [2.24, 2.45) is 5.92 Å². The van der Waals surface area contributed by atoms with Crippen molar-refractivity contribution < 1.29 is 9.53 Å². The quantitative estimate of drug-likeness (QED) is 0.869. The maximum Gasteiger partial charge on any atom is 0.225 e. The summed E-state index contributed by atoms with van der Waals surface area (Å²) in [5, 5.41) is 11.6. The molecule has 25 heavy (non-hydrogen) atoms. The van der Waals surface area contributed by atoms with Crippen molar-refractivity contribution in [1.29, 1.82) is 5.26 Å². The number of rotatable bonds is 6. The highest BCUT2D eigenvalue weighted by Crippen LogP contribution is 2.20. The van der Waals surface area contributed by atoms with Gasteiger partial charge in [-0.3, -0.25) is 14.7 Å². The number of benzene rings is 1. The average molecular weight is 336 g/mol.